The van der Waals surface area contributed by atoms with E-state index in [2.05, 4.69) is 4.98 Å². The Morgan fingerprint density at radius 1 is 1.23 bits per heavy atom. The molecule has 6 heteroatoms. The maximum atomic E-state index is 13.7. The zero-order valence-corrected chi connectivity index (χ0v) is 13.9. The van der Waals surface area contributed by atoms with Crippen molar-refractivity contribution in [3.05, 3.63) is 41.2 Å². The molecule has 0 aliphatic carbocycles. The quantitative estimate of drug-likeness (QED) is 0.820. The summed E-state index contributed by atoms with van der Waals surface area (Å²) < 4.78 is 13.7. The van der Waals surface area contributed by atoms with Gasteiger partial charge >= 0.3 is 0 Å². The van der Waals surface area contributed by atoms with Gasteiger partial charge in [0, 0.05) is 31.1 Å². The van der Waals surface area contributed by atoms with E-state index >= 15 is 0 Å². The third-order valence-corrected chi connectivity index (χ3v) is 4.22. The van der Waals surface area contributed by atoms with E-state index in [1.165, 1.54) is 17.4 Å². The highest BCUT2D eigenvalue weighted by molar-refractivity contribution is 7.13. The molecule has 1 aromatic heterocycles. The molecule has 118 valence electrons. The number of likely N-dealkylation sites (N-methyl/N-ethyl adjacent to an activating group) is 2. The van der Waals surface area contributed by atoms with E-state index < -0.39 is 0 Å². The second kappa shape index (κ2) is 7.47. The number of halogens is 1. The first-order valence-electron chi connectivity index (χ1n) is 7.05. The van der Waals surface area contributed by atoms with Crippen LogP contribution in [-0.4, -0.2) is 54.9 Å². The van der Waals surface area contributed by atoms with Gasteiger partial charge in [0.2, 0.25) is 5.91 Å². The summed E-state index contributed by atoms with van der Waals surface area (Å²) in [5, 5.41) is 2.43. The predicted octanol–water partition coefficient (Wildman–Crippen LogP) is 2.51. The Morgan fingerprint density at radius 2 is 1.95 bits per heavy atom. The number of nitrogens with zero attached hydrogens (tertiary/aromatic N) is 3. The minimum absolute atomic E-state index is 0.0206. The van der Waals surface area contributed by atoms with Gasteiger partial charge in [-0.15, -0.1) is 11.3 Å². The molecule has 0 radical (unpaired) electrons. The molecule has 0 fully saturated rings. The Bertz CT molecular complexity index is 642. The van der Waals surface area contributed by atoms with Crippen LogP contribution in [0.1, 0.15) is 5.69 Å². The SMILES string of the molecule is CN(C)CCN(C)C(=O)Cc1csc(-c2ccccc2F)n1. The lowest BCUT2D eigenvalue weighted by Crippen LogP contribution is -2.34. The summed E-state index contributed by atoms with van der Waals surface area (Å²) in [6.45, 7) is 1.50. The highest BCUT2D eigenvalue weighted by atomic mass is 32.1. The molecular weight excluding hydrogens is 301 g/mol. The van der Waals surface area contributed by atoms with Crippen LogP contribution in [0.5, 0.6) is 0 Å². The van der Waals surface area contributed by atoms with E-state index in [9.17, 15) is 9.18 Å². The minimum Gasteiger partial charge on any atom is -0.344 e. The van der Waals surface area contributed by atoms with E-state index in [0.29, 0.717) is 22.8 Å². The molecule has 0 aliphatic heterocycles. The van der Waals surface area contributed by atoms with E-state index in [4.69, 9.17) is 0 Å². The molecule has 2 aromatic rings. The molecule has 2 rings (SSSR count). The fourth-order valence-corrected chi connectivity index (χ4v) is 2.76. The van der Waals surface area contributed by atoms with E-state index in [-0.39, 0.29) is 18.1 Å². The highest BCUT2D eigenvalue weighted by Gasteiger charge is 2.14. The van der Waals surface area contributed by atoms with Gasteiger partial charge in [-0.3, -0.25) is 4.79 Å². The minimum atomic E-state index is -0.294. The van der Waals surface area contributed by atoms with Gasteiger partial charge in [0.15, 0.2) is 0 Å². The van der Waals surface area contributed by atoms with Crippen LogP contribution in [0.25, 0.3) is 10.6 Å². The van der Waals surface area contributed by atoms with Crippen LogP contribution in [0.4, 0.5) is 4.39 Å². The largest absolute Gasteiger partial charge is 0.344 e. The number of rotatable bonds is 6. The topological polar surface area (TPSA) is 36.4 Å². The van der Waals surface area contributed by atoms with Crippen molar-refractivity contribution in [2.24, 2.45) is 0 Å². The Balaban J connectivity index is 2.00. The standard InChI is InChI=1S/C16H20FN3OS/c1-19(2)8-9-20(3)15(21)10-12-11-22-16(18-12)13-6-4-5-7-14(13)17/h4-7,11H,8-10H2,1-3H3. The van der Waals surface area contributed by atoms with Crippen LogP contribution >= 0.6 is 11.3 Å². The van der Waals surface area contributed by atoms with E-state index in [1.807, 2.05) is 24.4 Å². The van der Waals surface area contributed by atoms with Crippen molar-refractivity contribution in [1.82, 2.24) is 14.8 Å². The lowest BCUT2D eigenvalue weighted by Gasteiger charge is -2.19. The second-order valence-electron chi connectivity index (χ2n) is 5.42. The molecule has 0 saturated carbocycles. The Labute approximate surface area is 134 Å². The third kappa shape index (κ3) is 4.35. The van der Waals surface area contributed by atoms with Crippen molar-refractivity contribution < 1.29 is 9.18 Å². The Kier molecular flexibility index (Phi) is 5.63. The van der Waals surface area contributed by atoms with Crippen LogP contribution in [0.2, 0.25) is 0 Å². The van der Waals surface area contributed by atoms with Gasteiger partial charge in [-0.2, -0.15) is 0 Å². The smallest absolute Gasteiger partial charge is 0.228 e. The number of hydrogen-bond donors (Lipinski definition) is 0. The van der Waals surface area contributed by atoms with Crippen LogP contribution < -0.4 is 0 Å². The number of thiazole rings is 1. The Hall–Kier alpha value is -1.79. The van der Waals surface area contributed by atoms with Crippen LogP contribution in [0, 0.1) is 5.82 Å². The summed E-state index contributed by atoms with van der Waals surface area (Å²) in [6, 6.07) is 6.54. The van der Waals surface area contributed by atoms with Crippen molar-refractivity contribution >= 4 is 17.2 Å². The van der Waals surface area contributed by atoms with E-state index in [0.717, 1.165) is 6.54 Å². The first kappa shape index (κ1) is 16.6. The molecule has 1 amide bonds. The van der Waals surface area contributed by atoms with Crippen molar-refractivity contribution in [1.29, 1.82) is 0 Å². The molecule has 0 N–H and O–H groups in total. The van der Waals surface area contributed by atoms with Gasteiger partial charge in [-0.25, -0.2) is 9.37 Å². The number of benzene rings is 1. The van der Waals surface area contributed by atoms with Gasteiger partial charge in [-0.05, 0) is 26.2 Å². The van der Waals surface area contributed by atoms with Crippen LogP contribution in [0.15, 0.2) is 29.6 Å². The van der Waals surface area contributed by atoms with Crippen LogP contribution in [0.3, 0.4) is 0 Å². The van der Waals surface area contributed by atoms with Crippen molar-refractivity contribution in [3.8, 4) is 10.6 Å². The first-order chi connectivity index (χ1) is 10.5. The summed E-state index contributed by atoms with van der Waals surface area (Å²) in [5.74, 6) is -0.273. The number of hydrogen-bond acceptors (Lipinski definition) is 4. The number of amides is 1. The van der Waals surface area contributed by atoms with Crippen molar-refractivity contribution in [3.63, 3.8) is 0 Å². The van der Waals surface area contributed by atoms with Gasteiger partial charge in [-0.1, -0.05) is 12.1 Å². The summed E-state index contributed by atoms with van der Waals surface area (Å²) in [7, 11) is 5.73. The highest BCUT2D eigenvalue weighted by Crippen LogP contribution is 2.26. The summed E-state index contributed by atoms with van der Waals surface area (Å²) >= 11 is 1.36. The zero-order valence-electron chi connectivity index (χ0n) is 13.0. The molecule has 0 bridgehead atoms. The number of carbonyl (C=O) groups excluding carboxylic acids is 1. The van der Waals surface area contributed by atoms with Gasteiger partial charge in [0.05, 0.1) is 12.1 Å². The first-order valence-corrected chi connectivity index (χ1v) is 7.93. The average molecular weight is 321 g/mol. The fourth-order valence-electron chi connectivity index (χ4n) is 1.91. The molecule has 0 unspecified atom stereocenters. The molecule has 0 saturated heterocycles. The Morgan fingerprint density at radius 3 is 2.64 bits per heavy atom. The van der Waals surface area contributed by atoms with Gasteiger partial charge < -0.3 is 9.80 Å². The predicted molar refractivity (Wildman–Crippen MR) is 87.4 cm³/mol. The van der Waals surface area contributed by atoms with Crippen molar-refractivity contribution in [2.75, 3.05) is 34.2 Å². The normalized spacial score (nSPS) is 11.0. The molecule has 22 heavy (non-hydrogen) atoms. The second-order valence-corrected chi connectivity index (χ2v) is 6.28. The molecular formula is C16H20FN3OS. The van der Waals surface area contributed by atoms with Crippen molar-refractivity contribution in [2.45, 2.75) is 6.42 Å². The lowest BCUT2D eigenvalue weighted by molar-refractivity contribution is -0.129. The molecule has 1 aromatic carbocycles. The molecule has 1 heterocycles. The van der Waals surface area contributed by atoms with Gasteiger partial charge in [0.1, 0.15) is 10.8 Å². The zero-order chi connectivity index (χ0) is 16.1. The van der Waals surface area contributed by atoms with E-state index in [1.54, 1.807) is 30.1 Å². The lowest BCUT2D eigenvalue weighted by atomic mass is 10.2. The van der Waals surface area contributed by atoms with Crippen LogP contribution in [-0.2, 0) is 11.2 Å². The molecule has 4 nitrogen and oxygen atoms in total. The maximum Gasteiger partial charge on any atom is 0.228 e. The third-order valence-electron chi connectivity index (χ3n) is 3.30. The van der Waals surface area contributed by atoms with Gasteiger partial charge in [0.25, 0.3) is 0 Å². The number of carbonyl (C=O) groups is 1. The fraction of sp³-hybridized carbons (Fsp3) is 0.375. The molecule has 0 aliphatic rings. The summed E-state index contributed by atoms with van der Waals surface area (Å²) in [5.41, 5.74) is 1.16. The molecule has 0 atom stereocenters. The summed E-state index contributed by atoms with van der Waals surface area (Å²) in [6.07, 6.45) is 0.245. The number of aromatic nitrogens is 1. The summed E-state index contributed by atoms with van der Waals surface area (Å²) in [4.78, 5) is 20.2. The average Bonchev–Trinajstić information content (AvgIpc) is 2.93. The monoisotopic (exact) mass is 321 g/mol. The maximum absolute atomic E-state index is 13.7. The molecule has 0 spiro atoms.